The number of hydrogen-bond acceptors (Lipinski definition) is 3. The molecule has 0 saturated carbocycles. The number of rotatable bonds is 6. The molecular weight excluding hydrogens is 292 g/mol. The second-order valence-electron chi connectivity index (χ2n) is 5.94. The molecule has 0 aliphatic carbocycles. The van der Waals surface area contributed by atoms with Crippen LogP contribution in [0.25, 0.3) is 0 Å². The van der Waals surface area contributed by atoms with E-state index in [9.17, 15) is 4.79 Å². The molecule has 1 fully saturated rings. The molecule has 1 heterocycles. The van der Waals surface area contributed by atoms with Crippen LogP contribution in [0.4, 0.5) is 4.79 Å². The third-order valence-electron chi connectivity index (χ3n) is 4.28. The minimum Gasteiger partial charge on any atom is -0.493 e. The standard InChI is InChI=1S/C18H28N2O3/c1-4-23-16-9-8-15(13-17(16)22-3)10-11-19-18(21)20-12-6-5-7-14(20)2/h8-9,13-14H,4-7,10-12H2,1-3H3,(H,19,21). The van der Waals surface area contributed by atoms with Crippen molar-refractivity contribution in [2.75, 3.05) is 26.8 Å². The van der Waals surface area contributed by atoms with Gasteiger partial charge in [0.05, 0.1) is 13.7 Å². The van der Waals surface area contributed by atoms with Crippen molar-refractivity contribution >= 4 is 6.03 Å². The van der Waals surface area contributed by atoms with Gasteiger partial charge in [-0.25, -0.2) is 4.79 Å². The number of likely N-dealkylation sites (tertiary alicyclic amines) is 1. The summed E-state index contributed by atoms with van der Waals surface area (Å²) in [5.74, 6) is 1.49. The van der Waals surface area contributed by atoms with Gasteiger partial charge in [0.2, 0.25) is 0 Å². The number of nitrogens with one attached hydrogen (secondary N) is 1. The van der Waals surface area contributed by atoms with Crippen LogP contribution in [0.5, 0.6) is 11.5 Å². The van der Waals surface area contributed by atoms with Crippen LogP contribution in [-0.4, -0.2) is 43.8 Å². The summed E-state index contributed by atoms with van der Waals surface area (Å²) in [6.45, 7) is 6.17. The summed E-state index contributed by atoms with van der Waals surface area (Å²) in [4.78, 5) is 14.2. The number of carbonyl (C=O) groups is 1. The first kappa shape index (κ1) is 17.4. The Morgan fingerprint density at radius 3 is 2.87 bits per heavy atom. The largest absolute Gasteiger partial charge is 0.493 e. The van der Waals surface area contributed by atoms with E-state index in [4.69, 9.17) is 9.47 Å². The summed E-state index contributed by atoms with van der Waals surface area (Å²) in [6.07, 6.45) is 4.20. The maximum atomic E-state index is 12.2. The Labute approximate surface area is 139 Å². The van der Waals surface area contributed by atoms with E-state index in [0.29, 0.717) is 19.2 Å². The summed E-state index contributed by atoms with van der Waals surface area (Å²) in [5.41, 5.74) is 1.12. The number of amides is 2. The van der Waals surface area contributed by atoms with Gasteiger partial charge in [0.15, 0.2) is 11.5 Å². The lowest BCUT2D eigenvalue weighted by atomic mass is 10.0. The Balaban J connectivity index is 1.84. The first-order chi connectivity index (χ1) is 11.2. The van der Waals surface area contributed by atoms with Gasteiger partial charge in [-0.05, 0) is 57.2 Å². The van der Waals surface area contributed by atoms with Crippen molar-refractivity contribution in [2.24, 2.45) is 0 Å². The molecule has 1 saturated heterocycles. The normalized spacial score (nSPS) is 17.7. The fourth-order valence-electron chi connectivity index (χ4n) is 2.96. The fourth-order valence-corrected chi connectivity index (χ4v) is 2.96. The highest BCUT2D eigenvalue weighted by atomic mass is 16.5. The zero-order chi connectivity index (χ0) is 16.7. The van der Waals surface area contributed by atoms with Crippen LogP contribution in [0.2, 0.25) is 0 Å². The average Bonchev–Trinajstić information content (AvgIpc) is 2.56. The molecule has 1 unspecified atom stereocenters. The van der Waals surface area contributed by atoms with Crippen LogP contribution in [0.15, 0.2) is 18.2 Å². The van der Waals surface area contributed by atoms with E-state index in [0.717, 1.165) is 42.9 Å². The minimum absolute atomic E-state index is 0.0510. The van der Waals surface area contributed by atoms with Crippen LogP contribution in [0.1, 0.15) is 38.7 Å². The molecule has 0 aromatic heterocycles. The molecule has 2 rings (SSSR count). The highest BCUT2D eigenvalue weighted by molar-refractivity contribution is 5.74. The lowest BCUT2D eigenvalue weighted by Gasteiger charge is -2.33. The molecule has 1 aliphatic heterocycles. The number of urea groups is 1. The van der Waals surface area contributed by atoms with Crippen LogP contribution >= 0.6 is 0 Å². The minimum atomic E-state index is 0.0510. The van der Waals surface area contributed by atoms with Crippen LogP contribution in [0.3, 0.4) is 0 Å². The molecule has 5 nitrogen and oxygen atoms in total. The maximum Gasteiger partial charge on any atom is 0.317 e. The van der Waals surface area contributed by atoms with Crippen molar-refractivity contribution in [1.29, 1.82) is 0 Å². The van der Waals surface area contributed by atoms with Gasteiger partial charge in [0, 0.05) is 19.1 Å². The summed E-state index contributed by atoms with van der Waals surface area (Å²) in [5, 5.41) is 3.02. The number of nitrogens with zero attached hydrogens (tertiary/aromatic N) is 1. The SMILES string of the molecule is CCOc1ccc(CCNC(=O)N2CCCCC2C)cc1OC. The number of hydrogen-bond donors (Lipinski definition) is 1. The van der Waals surface area contributed by atoms with Crippen LogP contribution < -0.4 is 14.8 Å². The topological polar surface area (TPSA) is 50.8 Å². The summed E-state index contributed by atoms with van der Waals surface area (Å²) >= 11 is 0. The summed E-state index contributed by atoms with van der Waals surface area (Å²) < 4.78 is 10.9. The second-order valence-corrected chi connectivity index (χ2v) is 5.94. The molecule has 0 spiro atoms. The van der Waals surface area contributed by atoms with Crippen molar-refractivity contribution < 1.29 is 14.3 Å². The van der Waals surface area contributed by atoms with Gasteiger partial charge in [0.25, 0.3) is 0 Å². The van der Waals surface area contributed by atoms with E-state index in [-0.39, 0.29) is 6.03 Å². The van der Waals surface area contributed by atoms with Gasteiger partial charge in [-0.3, -0.25) is 0 Å². The van der Waals surface area contributed by atoms with Gasteiger partial charge in [0.1, 0.15) is 0 Å². The van der Waals surface area contributed by atoms with Gasteiger partial charge in [-0.15, -0.1) is 0 Å². The third kappa shape index (κ3) is 4.78. The predicted molar refractivity (Wildman–Crippen MR) is 91.3 cm³/mol. The molecule has 0 bridgehead atoms. The molecule has 1 atom stereocenters. The van der Waals surface area contributed by atoms with Gasteiger partial charge in [-0.1, -0.05) is 6.07 Å². The maximum absolute atomic E-state index is 12.2. The van der Waals surface area contributed by atoms with Crippen molar-refractivity contribution in [2.45, 2.75) is 45.6 Å². The number of benzene rings is 1. The predicted octanol–water partition coefficient (Wildman–Crippen LogP) is 3.22. The van der Waals surface area contributed by atoms with E-state index in [1.165, 1.54) is 6.42 Å². The third-order valence-corrected chi connectivity index (χ3v) is 4.28. The van der Waals surface area contributed by atoms with Crippen molar-refractivity contribution in [3.8, 4) is 11.5 Å². The molecule has 128 valence electrons. The summed E-state index contributed by atoms with van der Waals surface area (Å²) in [7, 11) is 1.64. The fraction of sp³-hybridized carbons (Fsp3) is 0.611. The quantitative estimate of drug-likeness (QED) is 0.875. The van der Waals surface area contributed by atoms with Crippen molar-refractivity contribution in [3.05, 3.63) is 23.8 Å². The van der Waals surface area contributed by atoms with E-state index in [1.807, 2.05) is 30.0 Å². The molecule has 23 heavy (non-hydrogen) atoms. The zero-order valence-corrected chi connectivity index (χ0v) is 14.4. The van der Waals surface area contributed by atoms with E-state index >= 15 is 0 Å². The Hall–Kier alpha value is -1.91. The van der Waals surface area contributed by atoms with Gasteiger partial charge >= 0.3 is 6.03 Å². The van der Waals surface area contributed by atoms with E-state index in [1.54, 1.807) is 7.11 Å². The first-order valence-electron chi connectivity index (χ1n) is 8.50. The lowest BCUT2D eigenvalue weighted by molar-refractivity contribution is 0.158. The van der Waals surface area contributed by atoms with E-state index in [2.05, 4.69) is 12.2 Å². The lowest BCUT2D eigenvalue weighted by Crippen LogP contribution is -2.47. The monoisotopic (exact) mass is 320 g/mol. The van der Waals surface area contributed by atoms with Crippen LogP contribution in [0, 0.1) is 0 Å². The Morgan fingerprint density at radius 2 is 2.17 bits per heavy atom. The highest BCUT2D eigenvalue weighted by Gasteiger charge is 2.22. The molecule has 1 aromatic carbocycles. The number of ether oxygens (including phenoxy) is 2. The second kappa shape index (κ2) is 8.65. The first-order valence-corrected chi connectivity index (χ1v) is 8.50. The van der Waals surface area contributed by atoms with Crippen molar-refractivity contribution in [1.82, 2.24) is 10.2 Å². The van der Waals surface area contributed by atoms with Gasteiger partial charge in [-0.2, -0.15) is 0 Å². The highest BCUT2D eigenvalue weighted by Crippen LogP contribution is 2.28. The smallest absolute Gasteiger partial charge is 0.317 e. The zero-order valence-electron chi connectivity index (χ0n) is 14.4. The number of methoxy groups -OCH3 is 1. The molecule has 5 heteroatoms. The summed E-state index contributed by atoms with van der Waals surface area (Å²) in [6, 6.07) is 6.31. The Bertz CT molecular complexity index is 519. The molecule has 1 N–H and O–H groups in total. The molecule has 1 aromatic rings. The number of carbonyl (C=O) groups excluding carboxylic acids is 1. The van der Waals surface area contributed by atoms with Crippen molar-refractivity contribution in [3.63, 3.8) is 0 Å². The number of piperidine rings is 1. The molecule has 1 aliphatic rings. The average molecular weight is 320 g/mol. The molecule has 2 amide bonds. The van der Waals surface area contributed by atoms with Gasteiger partial charge < -0.3 is 19.7 Å². The molecule has 0 radical (unpaired) electrons. The molecular formula is C18H28N2O3. The van der Waals surface area contributed by atoms with E-state index < -0.39 is 0 Å². The Morgan fingerprint density at radius 1 is 1.35 bits per heavy atom. The van der Waals surface area contributed by atoms with Crippen LogP contribution in [-0.2, 0) is 6.42 Å². The Kier molecular flexibility index (Phi) is 6.56.